The van der Waals surface area contributed by atoms with Gasteiger partial charge in [-0.05, 0) is 0 Å². The van der Waals surface area contributed by atoms with Crippen molar-refractivity contribution < 1.29 is 0 Å². The van der Waals surface area contributed by atoms with E-state index in [0.29, 0.717) is 5.04 Å². The Balaban J connectivity index is 2.63. The number of hydrogen-bond acceptors (Lipinski definition) is 0. The summed E-state index contributed by atoms with van der Waals surface area (Å²) >= 11 is 0.807. The third-order valence-corrected chi connectivity index (χ3v) is 22.6. The van der Waals surface area contributed by atoms with E-state index in [2.05, 4.69) is 81.4 Å². The summed E-state index contributed by atoms with van der Waals surface area (Å²) in [7, 11) is 0. The van der Waals surface area contributed by atoms with Crippen LogP contribution in [-0.2, 0) is 0 Å². The first-order chi connectivity index (χ1) is 8.46. The maximum atomic E-state index is 2.42. The average Bonchev–Trinajstić information content (AvgIpc) is 2.38. The number of rotatable bonds is 2. The first-order valence-corrected chi connectivity index (χ1v) is 13.8. The average molecular weight is 279 g/mol. The zero-order chi connectivity index (χ0) is 13.2. The molecule has 0 atom stereocenters. The zero-order valence-corrected chi connectivity index (χ0v) is 15.9. The van der Waals surface area contributed by atoms with Gasteiger partial charge in [0.1, 0.15) is 0 Å². The molecule has 2 aromatic rings. The molecular formula is C16H19KSi. The Hall–Kier alpha value is 0.293. The molecule has 18 heavy (non-hydrogen) atoms. The molecule has 0 aliphatic heterocycles. The first-order valence-electron chi connectivity index (χ1n) is 6.57. The number of benzene rings is 2. The molecule has 0 aromatic heterocycles. The van der Waals surface area contributed by atoms with Crippen LogP contribution in [0, 0.1) is 0 Å². The summed E-state index contributed by atoms with van der Waals surface area (Å²) in [4.78, 5) is 0. The van der Waals surface area contributed by atoms with E-state index in [1.807, 2.05) is 0 Å². The van der Waals surface area contributed by atoms with Crippen molar-refractivity contribution in [2.24, 2.45) is 0 Å². The van der Waals surface area contributed by atoms with Crippen LogP contribution in [0.25, 0.3) is 0 Å². The van der Waals surface area contributed by atoms with Crippen LogP contribution < -0.4 is 10.4 Å². The molecule has 88 valence electrons. The monoisotopic (exact) mass is 278 g/mol. The second kappa shape index (κ2) is 5.73. The number of hydrogen-bond donors (Lipinski definition) is 0. The van der Waals surface area contributed by atoms with Gasteiger partial charge in [-0.3, -0.25) is 0 Å². The molecule has 0 aliphatic carbocycles. The van der Waals surface area contributed by atoms with Crippen molar-refractivity contribution in [3.8, 4) is 0 Å². The fourth-order valence-electron chi connectivity index (χ4n) is 2.58. The van der Waals surface area contributed by atoms with Crippen molar-refractivity contribution in [2.45, 2.75) is 25.8 Å². The van der Waals surface area contributed by atoms with Crippen LogP contribution in [0.3, 0.4) is 0 Å². The van der Waals surface area contributed by atoms with Crippen LogP contribution in [0.4, 0.5) is 0 Å². The van der Waals surface area contributed by atoms with Gasteiger partial charge in [-0.1, -0.05) is 0 Å². The van der Waals surface area contributed by atoms with Crippen molar-refractivity contribution in [1.29, 1.82) is 0 Å². The summed E-state index contributed by atoms with van der Waals surface area (Å²) in [5.74, 6) is 0. The van der Waals surface area contributed by atoms with Gasteiger partial charge < -0.3 is 0 Å². The van der Waals surface area contributed by atoms with Crippen molar-refractivity contribution in [3.63, 3.8) is 0 Å². The van der Waals surface area contributed by atoms with Gasteiger partial charge in [0.15, 0.2) is 0 Å². The normalized spacial score (nSPS) is 12.5. The second-order valence-electron chi connectivity index (χ2n) is 6.11. The first kappa shape index (κ1) is 14.7. The zero-order valence-electron chi connectivity index (χ0n) is 11.8. The third kappa shape index (κ3) is 2.74. The van der Waals surface area contributed by atoms with Gasteiger partial charge in [0, 0.05) is 0 Å². The van der Waals surface area contributed by atoms with Gasteiger partial charge >= 0.3 is 145 Å². The van der Waals surface area contributed by atoms with Gasteiger partial charge in [0.05, 0.1) is 0 Å². The summed E-state index contributed by atoms with van der Waals surface area (Å²) in [6.07, 6.45) is 0. The molecular weight excluding hydrogens is 259 g/mol. The van der Waals surface area contributed by atoms with Crippen molar-refractivity contribution >= 4 is 58.8 Å². The van der Waals surface area contributed by atoms with Gasteiger partial charge in [-0.15, -0.1) is 0 Å². The molecule has 0 bridgehead atoms. The van der Waals surface area contributed by atoms with Crippen LogP contribution in [0.1, 0.15) is 20.8 Å². The van der Waals surface area contributed by atoms with Crippen molar-refractivity contribution in [2.75, 3.05) is 0 Å². The molecule has 0 radical (unpaired) electrons. The molecule has 0 heterocycles. The predicted molar refractivity (Wildman–Crippen MR) is 83.4 cm³/mol. The summed E-state index contributed by atoms with van der Waals surface area (Å²) < 4.78 is -1.52. The summed E-state index contributed by atoms with van der Waals surface area (Å²) in [5.41, 5.74) is 0. The van der Waals surface area contributed by atoms with Crippen LogP contribution in [-0.4, -0.2) is 48.4 Å². The summed E-state index contributed by atoms with van der Waals surface area (Å²) in [5, 5.41) is 3.59. The van der Waals surface area contributed by atoms with E-state index < -0.39 is 0.755 Å². The molecule has 0 unspecified atom stereocenters. The fourth-order valence-corrected chi connectivity index (χ4v) is 9.48. The second-order valence-corrected chi connectivity index (χ2v) is 18.0. The molecule has 0 nitrogen and oxygen atoms in total. The van der Waals surface area contributed by atoms with Crippen molar-refractivity contribution in [1.82, 2.24) is 0 Å². The molecule has 0 spiro atoms. The van der Waals surface area contributed by atoms with E-state index in [1.165, 1.54) is 0 Å². The molecule has 2 rings (SSSR count). The molecule has 0 saturated carbocycles. The van der Waals surface area contributed by atoms with Gasteiger partial charge in [0.2, 0.25) is 0 Å². The Labute approximate surface area is 143 Å². The quantitative estimate of drug-likeness (QED) is 0.741. The van der Waals surface area contributed by atoms with E-state index in [-0.39, 0.29) is 0 Å². The molecule has 0 amide bonds. The minimum atomic E-state index is -1.52. The summed E-state index contributed by atoms with van der Waals surface area (Å²) in [6.45, 7) is 7.26. The SMILES string of the molecule is CC(C)(C)[Si]([K])(c1ccccc1)c1ccccc1. The molecule has 2 heteroatoms. The van der Waals surface area contributed by atoms with E-state index in [9.17, 15) is 0 Å². The molecule has 0 fully saturated rings. The molecule has 2 aromatic carbocycles. The van der Waals surface area contributed by atoms with Gasteiger partial charge in [0.25, 0.3) is 0 Å². The van der Waals surface area contributed by atoms with Crippen LogP contribution in [0.2, 0.25) is 5.04 Å². The van der Waals surface area contributed by atoms with E-state index in [4.69, 9.17) is 0 Å². The third-order valence-electron chi connectivity index (χ3n) is 4.20. The van der Waals surface area contributed by atoms with E-state index in [1.54, 1.807) is 10.4 Å². The van der Waals surface area contributed by atoms with Gasteiger partial charge in [-0.2, -0.15) is 0 Å². The molecule has 0 N–H and O–H groups in total. The molecule has 0 aliphatic rings. The Morgan fingerprint density at radius 3 is 1.33 bits per heavy atom. The van der Waals surface area contributed by atoms with Gasteiger partial charge in [-0.25, -0.2) is 0 Å². The minimum absolute atomic E-state index is 0.385. The topological polar surface area (TPSA) is 0 Å². The fraction of sp³-hybridized carbons (Fsp3) is 0.250. The summed E-state index contributed by atoms with van der Waals surface area (Å²) in [6, 6.07) is 22.4. The van der Waals surface area contributed by atoms with E-state index >= 15 is 0 Å². The maximum absolute atomic E-state index is 2.42. The molecule has 0 saturated heterocycles. The standard InChI is InChI=1S/C16H19Si.K/c1-16(2,3)17(14-10-6-4-7-11-14)15-12-8-5-9-13-15;/h4-13H,1-3H3;. The van der Waals surface area contributed by atoms with Crippen LogP contribution >= 0.6 is 0 Å². The Kier molecular flexibility index (Phi) is 4.68. The Morgan fingerprint density at radius 2 is 1.06 bits per heavy atom. The van der Waals surface area contributed by atoms with Crippen LogP contribution in [0.15, 0.2) is 60.7 Å². The van der Waals surface area contributed by atoms with Crippen molar-refractivity contribution in [3.05, 3.63) is 60.7 Å². The Bertz CT molecular complexity index is 460. The predicted octanol–water partition coefficient (Wildman–Crippen LogP) is 2.71. The Morgan fingerprint density at radius 1 is 0.722 bits per heavy atom. The van der Waals surface area contributed by atoms with Crippen LogP contribution in [0.5, 0.6) is 0 Å². The van der Waals surface area contributed by atoms with E-state index in [0.717, 1.165) is 47.7 Å².